The van der Waals surface area contributed by atoms with Gasteiger partial charge < -0.3 is 4.74 Å². The van der Waals surface area contributed by atoms with Crippen LogP contribution < -0.4 is 4.74 Å². The van der Waals surface area contributed by atoms with Gasteiger partial charge in [-0.05, 0) is 12.1 Å². The molecule has 16 heavy (non-hydrogen) atoms. The van der Waals surface area contributed by atoms with Crippen LogP contribution in [0.5, 0.6) is 5.75 Å². The number of ether oxygens (including phenoxy) is 1. The molecule has 0 heterocycles. The average molecular weight is 305 g/mol. The van der Waals surface area contributed by atoms with Crippen LogP contribution in [0.1, 0.15) is 0 Å². The molecule has 1 aromatic rings. The van der Waals surface area contributed by atoms with Crippen molar-refractivity contribution in [3.05, 3.63) is 28.5 Å². The Kier molecular flexibility index (Phi) is 4.12. The van der Waals surface area contributed by atoms with Crippen LogP contribution in [0.4, 0.5) is 22.0 Å². The van der Waals surface area contributed by atoms with Crippen molar-refractivity contribution in [2.45, 2.75) is 12.3 Å². The maximum atomic E-state index is 12.8. The first-order valence-electron chi connectivity index (χ1n) is 4.06. The zero-order valence-electron chi connectivity index (χ0n) is 7.69. The standard InChI is InChI=1S/C9H6BrF5O/c10-5-1-6(11)3-7(2-5)16-4-9(14,15)8(12)13/h1-3,8H,4H2. The third-order valence-corrected chi connectivity index (χ3v) is 2.04. The van der Waals surface area contributed by atoms with Crippen LogP contribution in [0.3, 0.4) is 0 Å². The van der Waals surface area contributed by atoms with Gasteiger partial charge in [0.2, 0.25) is 0 Å². The highest BCUT2D eigenvalue weighted by Crippen LogP contribution is 2.26. The quantitative estimate of drug-likeness (QED) is 0.767. The first-order chi connectivity index (χ1) is 7.31. The maximum Gasteiger partial charge on any atom is 0.340 e. The molecule has 0 aromatic heterocycles. The Morgan fingerprint density at radius 1 is 1.25 bits per heavy atom. The molecule has 1 aromatic carbocycles. The Morgan fingerprint density at radius 2 is 1.88 bits per heavy atom. The molecule has 0 N–H and O–H groups in total. The minimum atomic E-state index is -4.25. The lowest BCUT2D eigenvalue weighted by atomic mass is 10.3. The summed E-state index contributed by atoms with van der Waals surface area (Å²) >= 11 is 2.91. The predicted octanol–water partition coefficient (Wildman–Crippen LogP) is 3.87. The van der Waals surface area contributed by atoms with E-state index in [0.29, 0.717) is 0 Å². The van der Waals surface area contributed by atoms with Gasteiger partial charge in [0.15, 0.2) is 6.61 Å². The molecule has 7 heteroatoms. The molecule has 0 fully saturated rings. The van der Waals surface area contributed by atoms with Crippen LogP contribution in [0.2, 0.25) is 0 Å². The van der Waals surface area contributed by atoms with E-state index in [4.69, 9.17) is 0 Å². The fourth-order valence-corrected chi connectivity index (χ4v) is 1.30. The van der Waals surface area contributed by atoms with E-state index in [9.17, 15) is 22.0 Å². The Hall–Kier alpha value is -0.850. The molecular weight excluding hydrogens is 299 g/mol. The molecular formula is C9H6BrF5O. The van der Waals surface area contributed by atoms with Crippen molar-refractivity contribution >= 4 is 15.9 Å². The molecule has 1 rings (SSSR count). The third kappa shape index (κ3) is 3.62. The number of halogens is 6. The van der Waals surface area contributed by atoms with Crippen LogP contribution >= 0.6 is 15.9 Å². The number of alkyl halides is 4. The Balaban J connectivity index is 2.68. The molecule has 0 aliphatic carbocycles. The van der Waals surface area contributed by atoms with Gasteiger partial charge in [0.1, 0.15) is 11.6 Å². The molecule has 0 unspecified atom stereocenters. The highest BCUT2D eigenvalue weighted by Gasteiger charge is 2.41. The summed E-state index contributed by atoms with van der Waals surface area (Å²) < 4.78 is 65.8. The van der Waals surface area contributed by atoms with E-state index >= 15 is 0 Å². The van der Waals surface area contributed by atoms with Crippen molar-refractivity contribution in [3.63, 3.8) is 0 Å². The van der Waals surface area contributed by atoms with Gasteiger partial charge in [-0.15, -0.1) is 0 Å². The molecule has 0 atom stereocenters. The summed E-state index contributed by atoms with van der Waals surface area (Å²) in [7, 11) is 0. The number of benzene rings is 1. The van der Waals surface area contributed by atoms with Crippen molar-refractivity contribution in [1.82, 2.24) is 0 Å². The molecule has 0 amide bonds. The minimum Gasteiger partial charge on any atom is -0.487 e. The predicted molar refractivity (Wildman–Crippen MR) is 50.5 cm³/mol. The summed E-state index contributed by atoms with van der Waals surface area (Å²) in [5.74, 6) is -5.21. The van der Waals surface area contributed by atoms with Gasteiger partial charge in [0, 0.05) is 10.5 Å². The van der Waals surface area contributed by atoms with E-state index in [2.05, 4.69) is 20.7 Å². The van der Waals surface area contributed by atoms with Crippen LogP contribution in [-0.4, -0.2) is 19.0 Å². The first kappa shape index (κ1) is 13.2. The van der Waals surface area contributed by atoms with Crippen molar-refractivity contribution in [1.29, 1.82) is 0 Å². The van der Waals surface area contributed by atoms with Gasteiger partial charge in [-0.1, -0.05) is 15.9 Å². The van der Waals surface area contributed by atoms with Crippen molar-refractivity contribution in [3.8, 4) is 5.75 Å². The molecule has 0 bridgehead atoms. The van der Waals surface area contributed by atoms with E-state index in [1.807, 2.05) is 0 Å². The number of hydrogen-bond donors (Lipinski definition) is 0. The lowest BCUT2D eigenvalue weighted by Gasteiger charge is -2.16. The molecule has 0 radical (unpaired) electrons. The third-order valence-electron chi connectivity index (χ3n) is 1.59. The van der Waals surface area contributed by atoms with Gasteiger partial charge in [-0.3, -0.25) is 0 Å². The van der Waals surface area contributed by atoms with E-state index in [1.54, 1.807) is 0 Å². The minimum absolute atomic E-state index is 0.243. The average Bonchev–Trinajstić information content (AvgIpc) is 2.13. The molecule has 0 aliphatic heterocycles. The van der Waals surface area contributed by atoms with Crippen LogP contribution in [-0.2, 0) is 0 Å². The Morgan fingerprint density at radius 3 is 2.38 bits per heavy atom. The van der Waals surface area contributed by atoms with Gasteiger partial charge in [-0.25, -0.2) is 13.2 Å². The zero-order chi connectivity index (χ0) is 12.3. The molecule has 0 spiro atoms. The van der Waals surface area contributed by atoms with E-state index in [1.165, 1.54) is 6.07 Å². The van der Waals surface area contributed by atoms with E-state index in [0.717, 1.165) is 12.1 Å². The Labute approximate surface area is 96.3 Å². The Bertz CT molecular complexity index is 349. The second kappa shape index (κ2) is 4.99. The summed E-state index contributed by atoms with van der Waals surface area (Å²) in [6.07, 6.45) is -3.82. The topological polar surface area (TPSA) is 9.23 Å². The molecule has 0 aliphatic rings. The number of hydrogen-bond acceptors (Lipinski definition) is 1. The van der Waals surface area contributed by atoms with Crippen molar-refractivity contribution in [2.75, 3.05) is 6.61 Å². The monoisotopic (exact) mass is 304 g/mol. The van der Waals surface area contributed by atoms with E-state index in [-0.39, 0.29) is 10.2 Å². The zero-order valence-corrected chi connectivity index (χ0v) is 9.28. The van der Waals surface area contributed by atoms with Crippen molar-refractivity contribution in [2.24, 2.45) is 0 Å². The second-order valence-corrected chi connectivity index (χ2v) is 3.87. The highest BCUT2D eigenvalue weighted by atomic mass is 79.9. The summed E-state index contributed by atoms with van der Waals surface area (Å²) in [5.41, 5.74) is 0. The summed E-state index contributed by atoms with van der Waals surface area (Å²) in [5, 5.41) is 0. The SMILES string of the molecule is Fc1cc(Br)cc(OCC(F)(F)C(F)F)c1. The van der Waals surface area contributed by atoms with Gasteiger partial charge in [-0.2, -0.15) is 8.78 Å². The largest absolute Gasteiger partial charge is 0.487 e. The maximum absolute atomic E-state index is 12.8. The second-order valence-electron chi connectivity index (χ2n) is 2.96. The molecule has 1 nitrogen and oxygen atoms in total. The van der Waals surface area contributed by atoms with Gasteiger partial charge >= 0.3 is 12.3 Å². The summed E-state index contributed by atoms with van der Waals surface area (Å²) in [6, 6.07) is 3.11. The molecule has 0 saturated heterocycles. The lowest BCUT2D eigenvalue weighted by molar-refractivity contribution is -0.148. The molecule has 0 saturated carbocycles. The van der Waals surface area contributed by atoms with Gasteiger partial charge in [0.05, 0.1) is 0 Å². The van der Waals surface area contributed by atoms with Crippen molar-refractivity contribution < 1.29 is 26.7 Å². The lowest BCUT2D eigenvalue weighted by Crippen LogP contribution is -2.33. The van der Waals surface area contributed by atoms with Gasteiger partial charge in [0.25, 0.3) is 0 Å². The normalized spacial score (nSPS) is 11.9. The summed E-state index contributed by atoms with van der Waals surface area (Å²) in [4.78, 5) is 0. The van der Waals surface area contributed by atoms with Crippen LogP contribution in [0.15, 0.2) is 22.7 Å². The highest BCUT2D eigenvalue weighted by molar-refractivity contribution is 9.10. The first-order valence-corrected chi connectivity index (χ1v) is 4.85. The van der Waals surface area contributed by atoms with Crippen LogP contribution in [0.25, 0.3) is 0 Å². The van der Waals surface area contributed by atoms with E-state index < -0.39 is 24.8 Å². The number of rotatable bonds is 4. The fraction of sp³-hybridized carbons (Fsp3) is 0.333. The smallest absolute Gasteiger partial charge is 0.340 e. The fourth-order valence-electron chi connectivity index (χ4n) is 0.854. The van der Waals surface area contributed by atoms with Crippen LogP contribution in [0, 0.1) is 5.82 Å². The molecule has 90 valence electrons. The summed E-state index contributed by atoms with van der Waals surface area (Å²) in [6.45, 7) is -1.50.